The molecule has 2 aromatic heterocycles. The van der Waals surface area contributed by atoms with Gasteiger partial charge >= 0.3 is 0 Å². The number of aliphatic hydroxyl groups is 3. The molecule has 0 aromatic carbocycles. The van der Waals surface area contributed by atoms with E-state index in [1.54, 1.807) is 0 Å². The third-order valence-corrected chi connectivity index (χ3v) is 3.67. The Morgan fingerprint density at radius 1 is 1.38 bits per heavy atom. The fourth-order valence-electron chi connectivity index (χ4n) is 2.36. The van der Waals surface area contributed by atoms with E-state index in [1.165, 1.54) is 4.57 Å². The van der Waals surface area contributed by atoms with Crippen LogP contribution in [0.4, 0.5) is 5.95 Å². The fraction of sp³-hybridized carbons (Fsp3) is 0.500. The van der Waals surface area contributed by atoms with Gasteiger partial charge in [0.1, 0.15) is 18.3 Å². The summed E-state index contributed by atoms with van der Waals surface area (Å²) in [4.78, 5) is 20.7. The first-order valence-corrected chi connectivity index (χ1v) is 6.47. The molecular weight excluding hydrogens is 302 g/mol. The molecule has 2 aromatic rings. The number of nitrogen functional groups attached to an aromatic ring is 1. The Bertz CT molecular complexity index is 797. The van der Waals surface area contributed by atoms with Crippen LogP contribution < -0.4 is 11.3 Å². The minimum absolute atomic E-state index is 0.0726. The second kappa shape index (κ2) is 4.89. The van der Waals surface area contributed by atoms with E-state index in [1.807, 2.05) is 0 Å². The lowest BCUT2D eigenvalue weighted by molar-refractivity contribution is -0.0516. The highest BCUT2D eigenvalue weighted by Gasteiger charge is 2.44. The van der Waals surface area contributed by atoms with Gasteiger partial charge in [0.25, 0.3) is 5.56 Å². The maximum Gasteiger partial charge on any atom is 0.278 e. The van der Waals surface area contributed by atoms with Crippen molar-refractivity contribution in [2.45, 2.75) is 24.5 Å². The van der Waals surface area contributed by atoms with Crippen LogP contribution in [0, 0.1) is 4.77 Å². The third-order valence-electron chi connectivity index (χ3n) is 3.37. The zero-order valence-electron chi connectivity index (χ0n) is 10.6. The molecule has 0 radical (unpaired) electrons. The Labute approximate surface area is 121 Å². The standard InChI is InChI=1S/C10H13N5O5S/c11-9-13-6-3(7(19)14-9)12-10(21)15(6)8-5(18)4(17)2(1-16)20-8/h2,4-5,8,16-18H,1H2,(H,12,21)(H3,11,13,14,19)/t2?,4-,5?,8?/m0/s1. The Hall–Kier alpha value is -1.79. The summed E-state index contributed by atoms with van der Waals surface area (Å²) in [6.45, 7) is -0.472. The Morgan fingerprint density at radius 2 is 2.10 bits per heavy atom. The number of nitrogens with two attached hydrogens (primary N) is 1. The normalized spacial score (nSPS) is 29.3. The fourth-order valence-corrected chi connectivity index (χ4v) is 2.65. The largest absolute Gasteiger partial charge is 0.394 e. The van der Waals surface area contributed by atoms with E-state index in [9.17, 15) is 15.0 Å². The van der Waals surface area contributed by atoms with Gasteiger partial charge in [0.15, 0.2) is 22.2 Å². The molecule has 0 bridgehead atoms. The molecule has 7 N–H and O–H groups in total. The molecule has 3 unspecified atom stereocenters. The average Bonchev–Trinajstić information content (AvgIpc) is 2.89. The average molecular weight is 315 g/mol. The zero-order chi connectivity index (χ0) is 15.3. The molecule has 0 saturated carbocycles. The Balaban J connectivity index is 2.20. The van der Waals surface area contributed by atoms with Gasteiger partial charge in [-0.1, -0.05) is 0 Å². The molecule has 11 heteroatoms. The van der Waals surface area contributed by atoms with Crippen LogP contribution in [0.25, 0.3) is 11.2 Å². The van der Waals surface area contributed by atoms with Gasteiger partial charge in [-0.2, -0.15) is 4.98 Å². The summed E-state index contributed by atoms with van der Waals surface area (Å²) in [5.41, 5.74) is 5.15. The lowest BCUT2D eigenvalue weighted by atomic mass is 10.1. The summed E-state index contributed by atoms with van der Waals surface area (Å²) in [5, 5.41) is 28.9. The number of hydrogen-bond donors (Lipinski definition) is 6. The summed E-state index contributed by atoms with van der Waals surface area (Å²) < 4.78 is 6.70. The van der Waals surface area contributed by atoms with Gasteiger partial charge in [0, 0.05) is 0 Å². The topological polar surface area (TPSA) is 162 Å². The van der Waals surface area contributed by atoms with Crippen molar-refractivity contribution in [3.63, 3.8) is 0 Å². The van der Waals surface area contributed by atoms with Crippen LogP contribution in [-0.4, -0.2) is 59.8 Å². The van der Waals surface area contributed by atoms with Crippen molar-refractivity contribution in [2.75, 3.05) is 12.3 Å². The lowest BCUT2D eigenvalue weighted by Gasteiger charge is -2.16. The number of hydrogen-bond acceptors (Lipinski definition) is 8. The van der Waals surface area contributed by atoms with Crippen molar-refractivity contribution in [3.8, 4) is 0 Å². The van der Waals surface area contributed by atoms with E-state index < -0.39 is 36.7 Å². The number of aromatic nitrogens is 4. The van der Waals surface area contributed by atoms with E-state index in [0.717, 1.165) is 0 Å². The lowest BCUT2D eigenvalue weighted by Crippen LogP contribution is -2.33. The summed E-state index contributed by atoms with van der Waals surface area (Å²) >= 11 is 5.10. The minimum atomic E-state index is -1.34. The predicted molar refractivity (Wildman–Crippen MR) is 73.0 cm³/mol. The zero-order valence-corrected chi connectivity index (χ0v) is 11.4. The van der Waals surface area contributed by atoms with Gasteiger partial charge in [-0.3, -0.25) is 14.3 Å². The molecule has 0 aliphatic carbocycles. The molecule has 0 amide bonds. The van der Waals surface area contributed by atoms with Gasteiger partial charge in [-0.15, -0.1) is 0 Å². The molecule has 1 aliphatic rings. The maximum atomic E-state index is 11.8. The number of fused-ring (bicyclic) bond motifs is 1. The van der Waals surface area contributed by atoms with Gasteiger partial charge in [-0.05, 0) is 12.2 Å². The van der Waals surface area contributed by atoms with E-state index in [2.05, 4.69) is 15.0 Å². The number of nitrogens with zero attached hydrogens (tertiary/aromatic N) is 2. The monoisotopic (exact) mass is 315 g/mol. The Morgan fingerprint density at radius 3 is 2.71 bits per heavy atom. The van der Waals surface area contributed by atoms with Crippen molar-refractivity contribution in [3.05, 3.63) is 15.1 Å². The summed E-state index contributed by atoms with van der Waals surface area (Å²) in [7, 11) is 0. The first-order chi connectivity index (χ1) is 9.93. The molecular formula is C10H13N5O5S. The number of aliphatic hydroxyl groups excluding tert-OH is 3. The number of aromatic amines is 2. The molecule has 3 heterocycles. The van der Waals surface area contributed by atoms with Crippen LogP contribution in [0.1, 0.15) is 6.23 Å². The first kappa shape index (κ1) is 14.2. The highest BCUT2D eigenvalue weighted by Crippen LogP contribution is 2.31. The number of rotatable bonds is 2. The van der Waals surface area contributed by atoms with Gasteiger partial charge < -0.3 is 30.8 Å². The van der Waals surface area contributed by atoms with Crippen LogP contribution >= 0.6 is 12.2 Å². The van der Waals surface area contributed by atoms with Crippen LogP contribution in [0.2, 0.25) is 0 Å². The van der Waals surface area contributed by atoms with Gasteiger partial charge in [0.2, 0.25) is 5.95 Å². The first-order valence-electron chi connectivity index (χ1n) is 6.06. The highest BCUT2D eigenvalue weighted by atomic mass is 32.1. The van der Waals surface area contributed by atoms with Crippen LogP contribution in [0.5, 0.6) is 0 Å². The van der Waals surface area contributed by atoms with E-state index in [0.29, 0.717) is 0 Å². The molecule has 1 aliphatic heterocycles. The van der Waals surface area contributed by atoms with E-state index >= 15 is 0 Å². The number of ether oxygens (including phenoxy) is 1. The van der Waals surface area contributed by atoms with Crippen molar-refractivity contribution in [1.82, 2.24) is 19.5 Å². The van der Waals surface area contributed by atoms with Crippen molar-refractivity contribution < 1.29 is 20.1 Å². The molecule has 10 nitrogen and oxygen atoms in total. The van der Waals surface area contributed by atoms with E-state index in [-0.39, 0.29) is 21.9 Å². The molecule has 114 valence electrons. The van der Waals surface area contributed by atoms with Crippen molar-refractivity contribution >= 4 is 29.3 Å². The number of anilines is 1. The van der Waals surface area contributed by atoms with Crippen LogP contribution in [0.15, 0.2) is 4.79 Å². The Kier molecular flexibility index (Phi) is 3.30. The number of H-pyrrole nitrogens is 2. The summed E-state index contributed by atoms with van der Waals surface area (Å²) in [6.07, 6.45) is -4.68. The van der Waals surface area contributed by atoms with Crippen molar-refractivity contribution in [2.24, 2.45) is 0 Å². The van der Waals surface area contributed by atoms with Crippen LogP contribution in [0.3, 0.4) is 0 Å². The maximum absolute atomic E-state index is 11.8. The minimum Gasteiger partial charge on any atom is -0.394 e. The van der Waals surface area contributed by atoms with Gasteiger partial charge in [0.05, 0.1) is 6.61 Å². The van der Waals surface area contributed by atoms with Crippen LogP contribution in [-0.2, 0) is 4.74 Å². The smallest absolute Gasteiger partial charge is 0.278 e. The third kappa shape index (κ3) is 2.06. The molecule has 1 saturated heterocycles. The molecule has 21 heavy (non-hydrogen) atoms. The second-order valence-electron chi connectivity index (χ2n) is 4.68. The van der Waals surface area contributed by atoms with Crippen molar-refractivity contribution in [1.29, 1.82) is 0 Å². The van der Waals surface area contributed by atoms with Gasteiger partial charge in [-0.25, -0.2) is 0 Å². The summed E-state index contributed by atoms with van der Waals surface area (Å²) in [5.74, 6) is -0.123. The highest BCUT2D eigenvalue weighted by molar-refractivity contribution is 7.71. The quantitative estimate of drug-likeness (QED) is 0.346. The second-order valence-corrected chi connectivity index (χ2v) is 5.07. The molecule has 4 atom stereocenters. The SMILES string of the molecule is Nc1nc2c([nH]c(=S)n2C2OC(CO)[C@H](O)C2O)c(=O)[nH]1. The number of nitrogens with one attached hydrogen (secondary N) is 2. The predicted octanol–water partition coefficient (Wildman–Crippen LogP) is -2.02. The molecule has 3 rings (SSSR count). The van der Waals surface area contributed by atoms with E-state index in [4.69, 9.17) is 27.8 Å². The molecule has 1 fully saturated rings. The molecule has 0 spiro atoms. The number of imidazole rings is 1. The summed E-state index contributed by atoms with van der Waals surface area (Å²) in [6, 6.07) is 0.